The number of urea groups is 1. The Hall–Kier alpha value is -2.77. The molecule has 0 aliphatic carbocycles. The van der Waals surface area contributed by atoms with Crippen LogP contribution in [0.25, 0.3) is 0 Å². The molecule has 1 saturated heterocycles. The van der Waals surface area contributed by atoms with Gasteiger partial charge in [-0.05, 0) is 36.6 Å². The van der Waals surface area contributed by atoms with E-state index in [-0.39, 0.29) is 17.7 Å². The van der Waals surface area contributed by atoms with Crippen LogP contribution in [-0.4, -0.2) is 60.1 Å². The maximum absolute atomic E-state index is 12.1. The predicted molar refractivity (Wildman–Crippen MR) is 113 cm³/mol. The van der Waals surface area contributed by atoms with Gasteiger partial charge in [-0.2, -0.15) is 0 Å². The molecule has 1 atom stereocenters. The molecule has 0 saturated carbocycles. The number of carbonyl (C=O) groups is 3. The predicted octanol–water partition coefficient (Wildman–Crippen LogP) is 2.61. The molecule has 2 rings (SSSR count). The van der Waals surface area contributed by atoms with E-state index in [0.29, 0.717) is 25.2 Å². The van der Waals surface area contributed by atoms with Crippen molar-refractivity contribution in [2.75, 3.05) is 36.4 Å². The van der Waals surface area contributed by atoms with Gasteiger partial charge in [0.2, 0.25) is 5.91 Å². The molecule has 29 heavy (non-hydrogen) atoms. The number of rotatable bonds is 7. The molecule has 3 N–H and O–H groups in total. The van der Waals surface area contributed by atoms with Gasteiger partial charge in [0, 0.05) is 43.5 Å². The monoisotopic (exact) mass is 404 g/mol. The van der Waals surface area contributed by atoms with Crippen LogP contribution in [0.5, 0.6) is 0 Å². The van der Waals surface area contributed by atoms with Crippen LogP contribution in [0.1, 0.15) is 34.1 Å². The molecule has 160 valence electrons. The number of anilines is 2. The van der Waals surface area contributed by atoms with Gasteiger partial charge in [0.1, 0.15) is 6.04 Å². The Bertz CT molecular complexity index is 710. The van der Waals surface area contributed by atoms with E-state index in [2.05, 4.69) is 15.5 Å². The number of amides is 3. The summed E-state index contributed by atoms with van der Waals surface area (Å²) in [5.41, 5.74) is 1.62. The van der Waals surface area contributed by atoms with Gasteiger partial charge in [-0.15, -0.1) is 0 Å². The van der Waals surface area contributed by atoms with Gasteiger partial charge < -0.3 is 25.5 Å². The molecule has 8 nitrogen and oxygen atoms in total. The van der Waals surface area contributed by atoms with Crippen molar-refractivity contribution in [1.82, 2.24) is 10.2 Å². The van der Waals surface area contributed by atoms with Crippen molar-refractivity contribution >= 4 is 29.3 Å². The third kappa shape index (κ3) is 6.66. The second kappa shape index (κ2) is 10.1. The Balaban J connectivity index is 1.88. The zero-order chi connectivity index (χ0) is 21.6. The fraction of sp³-hybridized carbons (Fsp3) is 0.571. The smallest absolute Gasteiger partial charge is 0.326 e. The fourth-order valence-electron chi connectivity index (χ4n) is 3.32. The van der Waals surface area contributed by atoms with E-state index in [4.69, 9.17) is 0 Å². The molecule has 1 unspecified atom stereocenters. The summed E-state index contributed by atoms with van der Waals surface area (Å²) in [5.74, 6) is -0.682. The van der Waals surface area contributed by atoms with Crippen LogP contribution in [0.15, 0.2) is 24.3 Å². The standard InChI is InChI=1S/C21H32N4O4/c1-14(2)13-18(20(27)28)23-21(29)22-16-5-7-17(8-6-16)24-9-11-25(12-10-24)19(26)15(3)4/h5-8,14-15,18H,9-13H2,1-4H3,(H,27,28)(H2,22,23,29). The summed E-state index contributed by atoms with van der Waals surface area (Å²) in [7, 11) is 0. The topological polar surface area (TPSA) is 102 Å². The van der Waals surface area contributed by atoms with Crippen molar-refractivity contribution in [3.8, 4) is 0 Å². The Morgan fingerprint density at radius 1 is 1.00 bits per heavy atom. The Morgan fingerprint density at radius 2 is 1.59 bits per heavy atom. The highest BCUT2D eigenvalue weighted by atomic mass is 16.4. The lowest BCUT2D eigenvalue weighted by molar-refractivity contribution is -0.139. The molecule has 0 aromatic heterocycles. The highest BCUT2D eigenvalue weighted by Crippen LogP contribution is 2.20. The van der Waals surface area contributed by atoms with Crippen LogP contribution >= 0.6 is 0 Å². The lowest BCUT2D eigenvalue weighted by Gasteiger charge is -2.37. The number of hydrogen-bond acceptors (Lipinski definition) is 4. The summed E-state index contributed by atoms with van der Waals surface area (Å²) in [6.07, 6.45) is 0.368. The molecule has 3 amide bonds. The Labute approximate surface area is 172 Å². The van der Waals surface area contributed by atoms with Gasteiger partial charge in [0.15, 0.2) is 0 Å². The molecule has 1 aromatic carbocycles. The average Bonchev–Trinajstić information content (AvgIpc) is 2.67. The van der Waals surface area contributed by atoms with E-state index in [9.17, 15) is 19.5 Å². The van der Waals surface area contributed by atoms with E-state index in [1.54, 1.807) is 12.1 Å². The minimum atomic E-state index is -1.04. The minimum absolute atomic E-state index is 0.0133. The Kier molecular flexibility index (Phi) is 7.87. The first-order valence-corrected chi connectivity index (χ1v) is 10.1. The van der Waals surface area contributed by atoms with Gasteiger partial charge in [-0.1, -0.05) is 27.7 Å². The molecular formula is C21H32N4O4. The number of hydrogen-bond donors (Lipinski definition) is 3. The molecule has 0 bridgehead atoms. The summed E-state index contributed by atoms with van der Waals surface area (Å²) in [4.78, 5) is 39.6. The van der Waals surface area contributed by atoms with Crippen molar-refractivity contribution < 1.29 is 19.5 Å². The van der Waals surface area contributed by atoms with Crippen molar-refractivity contribution in [3.63, 3.8) is 0 Å². The van der Waals surface area contributed by atoms with E-state index < -0.39 is 18.0 Å². The number of nitrogens with zero attached hydrogens (tertiary/aromatic N) is 2. The second-order valence-electron chi connectivity index (χ2n) is 8.13. The molecule has 1 heterocycles. The number of carbonyl (C=O) groups excluding carboxylic acids is 2. The van der Waals surface area contributed by atoms with Crippen LogP contribution in [-0.2, 0) is 9.59 Å². The number of carboxylic acid groups (broad SMARTS) is 1. The minimum Gasteiger partial charge on any atom is -0.480 e. The summed E-state index contributed by atoms with van der Waals surface area (Å²) in [5, 5.41) is 14.4. The summed E-state index contributed by atoms with van der Waals surface area (Å²) in [6, 6.07) is 5.96. The normalized spacial score (nSPS) is 15.4. The number of nitrogens with one attached hydrogen (secondary N) is 2. The average molecular weight is 405 g/mol. The van der Waals surface area contributed by atoms with Gasteiger partial charge in [-0.3, -0.25) is 4.79 Å². The summed E-state index contributed by atoms with van der Waals surface area (Å²) >= 11 is 0. The van der Waals surface area contributed by atoms with Crippen LogP contribution < -0.4 is 15.5 Å². The first-order chi connectivity index (χ1) is 13.7. The summed E-state index contributed by atoms with van der Waals surface area (Å²) < 4.78 is 0. The van der Waals surface area contributed by atoms with Crippen LogP contribution in [0.3, 0.4) is 0 Å². The quantitative estimate of drug-likeness (QED) is 0.648. The molecule has 1 fully saturated rings. The molecule has 0 radical (unpaired) electrons. The van der Waals surface area contributed by atoms with Crippen LogP contribution in [0.4, 0.5) is 16.2 Å². The zero-order valence-electron chi connectivity index (χ0n) is 17.6. The SMILES string of the molecule is CC(C)CC(NC(=O)Nc1ccc(N2CCN(C(=O)C(C)C)CC2)cc1)C(=O)O. The van der Waals surface area contributed by atoms with Crippen molar-refractivity contribution in [1.29, 1.82) is 0 Å². The summed E-state index contributed by atoms with van der Waals surface area (Å²) in [6.45, 7) is 10.6. The van der Waals surface area contributed by atoms with E-state index in [1.807, 2.05) is 44.7 Å². The molecular weight excluding hydrogens is 372 g/mol. The Morgan fingerprint density at radius 3 is 2.07 bits per heavy atom. The fourth-order valence-corrected chi connectivity index (χ4v) is 3.32. The lowest BCUT2D eigenvalue weighted by Crippen LogP contribution is -2.49. The number of piperazine rings is 1. The lowest BCUT2D eigenvalue weighted by atomic mass is 10.0. The second-order valence-corrected chi connectivity index (χ2v) is 8.13. The van der Waals surface area contributed by atoms with Crippen LogP contribution in [0.2, 0.25) is 0 Å². The molecule has 1 aliphatic heterocycles. The van der Waals surface area contributed by atoms with Crippen molar-refractivity contribution in [3.05, 3.63) is 24.3 Å². The molecule has 8 heteroatoms. The first-order valence-electron chi connectivity index (χ1n) is 10.1. The molecule has 0 spiro atoms. The number of aliphatic carboxylic acids is 1. The largest absolute Gasteiger partial charge is 0.480 e. The maximum Gasteiger partial charge on any atom is 0.326 e. The highest BCUT2D eigenvalue weighted by molar-refractivity contribution is 5.92. The maximum atomic E-state index is 12.1. The third-order valence-electron chi connectivity index (χ3n) is 4.89. The van der Waals surface area contributed by atoms with E-state index in [1.165, 1.54) is 0 Å². The number of benzene rings is 1. The highest BCUT2D eigenvalue weighted by Gasteiger charge is 2.23. The van der Waals surface area contributed by atoms with Crippen molar-refractivity contribution in [2.45, 2.75) is 40.2 Å². The van der Waals surface area contributed by atoms with Crippen LogP contribution in [0, 0.1) is 11.8 Å². The van der Waals surface area contributed by atoms with Gasteiger partial charge in [-0.25, -0.2) is 9.59 Å². The molecule has 1 aliphatic rings. The van der Waals surface area contributed by atoms with Gasteiger partial charge in [0.25, 0.3) is 0 Å². The van der Waals surface area contributed by atoms with Crippen molar-refractivity contribution in [2.24, 2.45) is 11.8 Å². The third-order valence-corrected chi connectivity index (χ3v) is 4.89. The zero-order valence-corrected chi connectivity index (χ0v) is 17.6. The van der Waals surface area contributed by atoms with Gasteiger partial charge >= 0.3 is 12.0 Å². The van der Waals surface area contributed by atoms with E-state index >= 15 is 0 Å². The van der Waals surface area contributed by atoms with Gasteiger partial charge in [0.05, 0.1) is 0 Å². The molecule has 1 aromatic rings. The van der Waals surface area contributed by atoms with E-state index in [0.717, 1.165) is 18.8 Å². The number of carboxylic acids is 1. The first kappa shape index (κ1) is 22.5.